The number of carbonyl (C=O) groups excluding carboxylic acids is 3. The Morgan fingerprint density at radius 1 is 0.276 bits per heavy atom. The molecule has 0 radical (unpaired) electrons. The molecule has 0 rings (SSSR count). The minimum atomic E-state index is -0.791. The summed E-state index contributed by atoms with van der Waals surface area (Å²) in [4.78, 5) is 38.2. The van der Waals surface area contributed by atoms with Gasteiger partial charge in [-0.1, -0.05) is 277 Å². The first-order valence-electron chi connectivity index (χ1n) is 31.5. The van der Waals surface area contributed by atoms with Gasteiger partial charge in [-0.15, -0.1) is 0 Å². The molecule has 0 fully saturated rings. The van der Waals surface area contributed by atoms with Gasteiger partial charge in [0, 0.05) is 19.3 Å². The highest BCUT2D eigenvalue weighted by Crippen LogP contribution is 2.16. The second kappa shape index (κ2) is 63.3. The van der Waals surface area contributed by atoms with Gasteiger partial charge in [-0.3, -0.25) is 14.4 Å². The number of allylic oxidation sites excluding steroid dienone is 20. The van der Waals surface area contributed by atoms with Crippen molar-refractivity contribution in [2.45, 2.75) is 290 Å². The van der Waals surface area contributed by atoms with Crippen LogP contribution in [0.2, 0.25) is 0 Å². The van der Waals surface area contributed by atoms with Crippen molar-refractivity contribution in [1.29, 1.82) is 0 Å². The molecule has 1 atom stereocenters. The van der Waals surface area contributed by atoms with Crippen LogP contribution in [-0.4, -0.2) is 37.2 Å². The third-order valence-electron chi connectivity index (χ3n) is 13.2. The Hall–Kier alpha value is -4.19. The van der Waals surface area contributed by atoms with Crippen LogP contribution in [0.3, 0.4) is 0 Å². The summed E-state index contributed by atoms with van der Waals surface area (Å²) in [6.07, 6.45) is 87.7. The molecule has 0 bridgehead atoms. The van der Waals surface area contributed by atoms with Crippen molar-refractivity contribution in [1.82, 2.24) is 0 Å². The second-order valence-corrected chi connectivity index (χ2v) is 20.6. The van der Waals surface area contributed by atoms with Gasteiger partial charge in [-0.05, 0) is 109 Å². The van der Waals surface area contributed by atoms with Crippen LogP contribution in [0.15, 0.2) is 122 Å². The molecule has 0 aromatic heterocycles. The summed E-state index contributed by atoms with van der Waals surface area (Å²) >= 11 is 0. The minimum absolute atomic E-state index is 0.0898. The lowest BCUT2D eigenvalue weighted by Gasteiger charge is -2.18. The van der Waals surface area contributed by atoms with Gasteiger partial charge in [0.25, 0.3) is 0 Å². The Morgan fingerprint density at radius 2 is 0.539 bits per heavy atom. The van der Waals surface area contributed by atoms with Gasteiger partial charge < -0.3 is 14.2 Å². The molecule has 6 heteroatoms. The highest BCUT2D eigenvalue weighted by atomic mass is 16.6. The van der Waals surface area contributed by atoms with E-state index in [-0.39, 0.29) is 31.1 Å². The van der Waals surface area contributed by atoms with E-state index in [4.69, 9.17) is 14.2 Å². The zero-order chi connectivity index (χ0) is 55.0. The molecule has 0 heterocycles. The van der Waals surface area contributed by atoms with Gasteiger partial charge in [0.2, 0.25) is 0 Å². The maximum Gasteiger partial charge on any atom is 0.306 e. The largest absolute Gasteiger partial charge is 0.462 e. The number of rotatable bonds is 56. The lowest BCUT2D eigenvalue weighted by atomic mass is 10.0. The lowest BCUT2D eigenvalue weighted by Crippen LogP contribution is -2.30. The van der Waals surface area contributed by atoms with Crippen LogP contribution in [0.5, 0.6) is 0 Å². The van der Waals surface area contributed by atoms with Gasteiger partial charge >= 0.3 is 17.9 Å². The smallest absolute Gasteiger partial charge is 0.306 e. The van der Waals surface area contributed by atoms with Crippen LogP contribution in [0.1, 0.15) is 284 Å². The Bertz CT molecular complexity index is 1590. The molecular weight excluding hydrogens is 937 g/mol. The second-order valence-electron chi connectivity index (χ2n) is 20.6. The van der Waals surface area contributed by atoms with E-state index in [9.17, 15) is 14.4 Å². The SMILES string of the molecule is CC/C=C\C/C=C\C/C=C\C/C=C\C/C=C\C/C=C\C/C=C\C/C=C\CCCCCCCCC(=O)OCC(COC(=O)CCCCCCC/C=C\C/C=C\CCC)OC(=O)CCCCCCCCCCCCCCCC. The van der Waals surface area contributed by atoms with Crippen LogP contribution in [0.25, 0.3) is 0 Å². The molecule has 0 saturated heterocycles. The quantitative estimate of drug-likeness (QED) is 0.0261. The third kappa shape index (κ3) is 60.7. The average molecular weight is 1050 g/mol. The summed E-state index contributed by atoms with van der Waals surface area (Å²) in [5.41, 5.74) is 0. The van der Waals surface area contributed by atoms with Gasteiger partial charge in [0.1, 0.15) is 13.2 Å². The average Bonchev–Trinajstić information content (AvgIpc) is 3.42. The van der Waals surface area contributed by atoms with Crippen LogP contribution >= 0.6 is 0 Å². The van der Waals surface area contributed by atoms with Crippen LogP contribution in [-0.2, 0) is 28.6 Å². The van der Waals surface area contributed by atoms with E-state index in [1.165, 1.54) is 89.9 Å². The van der Waals surface area contributed by atoms with Gasteiger partial charge in [0.05, 0.1) is 0 Å². The van der Waals surface area contributed by atoms with Crippen molar-refractivity contribution < 1.29 is 28.6 Å². The zero-order valence-corrected chi connectivity index (χ0v) is 49.5. The van der Waals surface area contributed by atoms with E-state index in [0.717, 1.165) is 154 Å². The molecule has 0 aliphatic carbocycles. The molecule has 0 saturated carbocycles. The number of hydrogen-bond acceptors (Lipinski definition) is 6. The fourth-order valence-corrected chi connectivity index (χ4v) is 8.50. The minimum Gasteiger partial charge on any atom is -0.462 e. The molecule has 0 spiro atoms. The number of ether oxygens (including phenoxy) is 3. The molecule has 0 aliphatic heterocycles. The van der Waals surface area contributed by atoms with Gasteiger partial charge in [-0.25, -0.2) is 0 Å². The lowest BCUT2D eigenvalue weighted by molar-refractivity contribution is -0.167. The molecule has 432 valence electrons. The highest BCUT2D eigenvalue weighted by Gasteiger charge is 2.19. The molecule has 0 aromatic carbocycles. The zero-order valence-electron chi connectivity index (χ0n) is 49.5. The van der Waals surface area contributed by atoms with Crippen molar-refractivity contribution >= 4 is 17.9 Å². The van der Waals surface area contributed by atoms with E-state index in [0.29, 0.717) is 19.3 Å². The van der Waals surface area contributed by atoms with Crippen LogP contribution in [0.4, 0.5) is 0 Å². The predicted molar refractivity (Wildman–Crippen MR) is 330 cm³/mol. The van der Waals surface area contributed by atoms with E-state index < -0.39 is 6.10 Å². The van der Waals surface area contributed by atoms with Gasteiger partial charge in [0.15, 0.2) is 6.10 Å². The van der Waals surface area contributed by atoms with E-state index in [1.54, 1.807) is 0 Å². The van der Waals surface area contributed by atoms with Crippen molar-refractivity contribution in [3.63, 3.8) is 0 Å². The van der Waals surface area contributed by atoms with Crippen molar-refractivity contribution in [3.8, 4) is 0 Å². The number of hydrogen-bond donors (Lipinski definition) is 0. The van der Waals surface area contributed by atoms with E-state index >= 15 is 0 Å². The Labute approximate surface area is 469 Å². The summed E-state index contributed by atoms with van der Waals surface area (Å²) < 4.78 is 16.9. The van der Waals surface area contributed by atoms with Crippen molar-refractivity contribution in [3.05, 3.63) is 122 Å². The summed E-state index contributed by atoms with van der Waals surface area (Å²) in [5, 5.41) is 0. The Kier molecular flexibility index (Phi) is 59.9. The molecule has 0 aromatic rings. The first kappa shape index (κ1) is 71.8. The first-order chi connectivity index (χ1) is 37.5. The summed E-state index contributed by atoms with van der Waals surface area (Å²) in [5.74, 6) is -0.913. The van der Waals surface area contributed by atoms with Crippen molar-refractivity contribution in [2.75, 3.05) is 13.2 Å². The number of carbonyl (C=O) groups is 3. The maximum absolute atomic E-state index is 12.9. The Balaban J connectivity index is 4.31. The van der Waals surface area contributed by atoms with Crippen molar-refractivity contribution in [2.24, 2.45) is 0 Å². The highest BCUT2D eigenvalue weighted by molar-refractivity contribution is 5.71. The number of unbranched alkanes of at least 4 members (excludes halogenated alkanes) is 25. The standard InChI is InChI=1S/C70H116O6/c1-4-7-10-13-16-19-22-25-27-28-29-30-31-32-33-34-35-36-37-38-39-40-41-42-43-46-48-51-54-57-60-63-69(72)75-66-67(65-74-68(71)62-59-56-53-50-47-44-24-21-18-15-12-9-6-3)76-70(73)64-61-58-55-52-49-45-26-23-20-17-14-11-8-5-2/h7,10,12,15-16,19,21,24-25,27,29-30,32-33,35-36,38-39,41-42,67H,4-6,8-9,11,13-14,17-18,20,22-23,26,28,31,34,37,40,43-66H2,1-3H3/b10-7-,15-12-,19-16-,24-21-,27-25-,30-29-,33-32-,36-35-,39-38-,42-41-. The molecule has 0 N–H and O–H groups in total. The summed E-state index contributed by atoms with van der Waals surface area (Å²) in [6.45, 7) is 6.45. The predicted octanol–water partition coefficient (Wildman–Crippen LogP) is 21.6. The van der Waals surface area contributed by atoms with E-state index in [1.807, 2.05) is 0 Å². The maximum atomic E-state index is 12.9. The van der Waals surface area contributed by atoms with Crippen LogP contribution in [0, 0.1) is 0 Å². The number of esters is 3. The molecule has 0 aliphatic rings. The topological polar surface area (TPSA) is 78.9 Å². The molecular formula is C70H116O6. The summed E-state index contributed by atoms with van der Waals surface area (Å²) in [6, 6.07) is 0. The molecule has 6 nitrogen and oxygen atoms in total. The Morgan fingerprint density at radius 3 is 0.855 bits per heavy atom. The fourth-order valence-electron chi connectivity index (χ4n) is 8.50. The van der Waals surface area contributed by atoms with Crippen LogP contribution < -0.4 is 0 Å². The first-order valence-corrected chi connectivity index (χ1v) is 31.5. The summed E-state index contributed by atoms with van der Waals surface area (Å²) in [7, 11) is 0. The third-order valence-corrected chi connectivity index (χ3v) is 13.2. The molecule has 1 unspecified atom stereocenters. The molecule has 76 heavy (non-hydrogen) atoms. The fraction of sp³-hybridized carbons (Fsp3) is 0.671. The normalized spacial score (nSPS) is 12.9. The van der Waals surface area contributed by atoms with Gasteiger partial charge in [-0.2, -0.15) is 0 Å². The van der Waals surface area contributed by atoms with E-state index in [2.05, 4.69) is 142 Å². The monoisotopic (exact) mass is 1050 g/mol. The molecule has 0 amide bonds.